The number of hydrogen-bond acceptors (Lipinski definition) is 3. The van der Waals surface area contributed by atoms with Crippen LogP contribution < -0.4 is 5.32 Å². The Morgan fingerprint density at radius 1 is 1.04 bits per heavy atom. The lowest BCUT2D eigenvalue weighted by Crippen LogP contribution is -2.33. The van der Waals surface area contributed by atoms with Gasteiger partial charge in [-0.15, -0.1) is 0 Å². The first-order chi connectivity index (χ1) is 13.5. The van der Waals surface area contributed by atoms with E-state index >= 15 is 0 Å². The largest absolute Gasteiger partial charge is 0.508 e. The van der Waals surface area contributed by atoms with Crippen molar-refractivity contribution in [2.75, 3.05) is 0 Å². The number of nitrogens with one attached hydrogen (secondary N) is 1. The molecule has 1 aliphatic heterocycles. The van der Waals surface area contributed by atoms with Crippen molar-refractivity contribution in [3.05, 3.63) is 98.7 Å². The zero-order chi connectivity index (χ0) is 19.7. The number of aromatic hydroxyl groups is 1. The second-order valence-corrected chi connectivity index (χ2v) is 8.02. The second kappa shape index (κ2) is 8.03. The number of phenolic OH excluding ortho intramolecular Hbond substituents is 1. The Morgan fingerprint density at radius 3 is 2.46 bits per heavy atom. The van der Waals surface area contributed by atoms with E-state index in [9.17, 15) is 9.50 Å². The molecule has 0 saturated heterocycles. The number of halogens is 3. The van der Waals surface area contributed by atoms with Crippen LogP contribution in [0.25, 0.3) is 0 Å². The maximum Gasteiger partial charge on any atom is 0.126 e. The lowest BCUT2D eigenvalue weighted by molar-refractivity contribution is 0.412. The third kappa shape index (κ3) is 4.12. The summed E-state index contributed by atoms with van der Waals surface area (Å²) in [6.45, 7) is 0. The SMILES string of the molecule is Oc1ccc(Br)cc1[C@@H]1CC(c2ccc(Cl)cc2)=N[C@H](c2ccc(F)cc2)N1. The van der Waals surface area contributed by atoms with Crippen LogP contribution in [0, 0.1) is 5.82 Å². The molecule has 3 aromatic carbocycles. The summed E-state index contributed by atoms with van der Waals surface area (Å²) in [7, 11) is 0. The fourth-order valence-electron chi connectivity index (χ4n) is 3.34. The van der Waals surface area contributed by atoms with Crippen LogP contribution in [0.2, 0.25) is 5.02 Å². The van der Waals surface area contributed by atoms with E-state index in [1.165, 1.54) is 12.1 Å². The number of benzene rings is 3. The summed E-state index contributed by atoms with van der Waals surface area (Å²) < 4.78 is 14.3. The second-order valence-electron chi connectivity index (χ2n) is 6.66. The van der Waals surface area contributed by atoms with Crippen LogP contribution in [-0.2, 0) is 0 Å². The molecule has 0 radical (unpaired) electrons. The van der Waals surface area contributed by atoms with Crippen molar-refractivity contribution >= 4 is 33.2 Å². The van der Waals surface area contributed by atoms with Crippen LogP contribution in [0.3, 0.4) is 0 Å². The van der Waals surface area contributed by atoms with Gasteiger partial charge in [0.25, 0.3) is 0 Å². The molecule has 0 amide bonds. The van der Waals surface area contributed by atoms with Gasteiger partial charge in [0.05, 0.1) is 0 Å². The summed E-state index contributed by atoms with van der Waals surface area (Å²) in [4.78, 5) is 4.86. The van der Waals surface area contributed by atoms with Gasteiger partial charge >= 0.3 is 0 Å². The molecular weight excluding hydrogens is 443 g/mol. The maximum atomic E-state index is 13.4. The average Bonchev–Trinajstić information content (AvgIpc) is 2.70. The Morgan fingerprint density at radius 2 is 1.75 bits per heavy atom. The number of nitrogens with zero attached hydrogens (tertiary/aromatic N) is 1. The molecule has 142 valence electrons. The van der Waals surface area contributed by atoms with Gasteiger partial charge in [-0.3, -0.25) is 10.3 Å². The van der Waals surface area contributed by atoms with Crippen LogP contribution >= 0.6 is 27.5 Å². The summed E-state index contributed by atoms with van der Waals surface area (Å²) in [6, 6.07) is 19.0. The molecule has 3 nitrogen and oxygen atoms in total. The van der Waals surface area contributed by atoms with Gasteiger partial charge in [-0.05, 0) is 53.6 Å². The quantitative estimate of drug-likeness (QED) is 0.492. The molecule has 0 bridgehead atoms. The fourth-order valence-corrected chi connectivity index (χ4v) is 3.85. The minimum absolute atomic E-state index is 0.157. The number of rotatable bonds is 3. The lowest BCUT2D eigenvalue weighted by atomic mass is 9.93. The predicted octanol–water partition coefficient (Wildman–Crippen LogP) is 6.17. The number of aliphatic imine (C=N–C) groups is 1. The fraction of sp³-hybridized carbons (Fsp3) is 0.136. The van der Waals surface area contributed by atoms with E-state index in [2.05, 4.69) is 21.2 Å². The van der Waals surface area contributed by atoms with Gasteiger partial charge in [0, 0.05) is 33.2 Å². The van der Waals surface area contributed by atoms with Crippen molar-refractivity contribution in [2.45, 2.75) is 18.6 Å². The highest BCUT2D eigenvalue weighted by Crippen LogP contribution is 2.36. The highest BCUT2D eigenvalue weighted by molar-refractivity contribution is 9.10. The molecule has 4 rings (SSSR count). The van der Waals surface area contributed by atoms with Gasteiger partial charge < -0.3 is 5.11 Å². The first-order valence-corrected chi connectivity index (χ1v) is 9.99. The van der Waals surface area contributed by atoms with E-state index < -0.39 is 0 Å². The molecule has 1 heterocycles. The van der Waals surface area contributed by atoms with Crippen LogP contribution in [-0.4, -0.2) is 10.8 Å². The number of hydrogen-bond donors (Lipinski definition) is 2. The van der Waals surface area contributed by atoms with Crippen molar-refractivity contribution in [1.29, 1.82) is 0 Å². The molecule has 0 aliphatic carbocycles. The van der Waals surface area contributed by atoms with Crippen LogP contribution in [0.1, 0.15) is 35.3 Å². The van der Waals surface area contributed by atoms with Crippen molar-refractivity contribution < 1.29 is 9.50 Å². The minimum atomic E-state index is -0.358. The molecule has 6 heteroatoms. The molecular formula is C22H17BrClFN2O. The molecule has 0 fully saturated rings. The molecule has 1 aliphatic rings. The van der Waals surface area contributed by atoms with Gasteiger partial charge in [0.15, 0.2) is 0 Å². The van der Waals surface area contributed by atoms with E-state index in [0.29, 0.717) is 11.4 Å². The van der Waals surface area contributed by atoms with E-state index in [1.807, 2.05) is 30.3 Å². The highest BCUT2D eigenvalue weighted by Gasteiger charge is 2.27. The van der Waals surface area contributed by atoms with E-state index in [1.54, 1.807) is 24.3 Å². The molecule has 28 heavy (non-hydrogen) atoms. The highest BCUT2D eigenvalue weighted by atomic mass is 79.9. The number of phenols is 1. The Labute approximate surface area is 176 Å². The normalized spacial score (nSPS) is 19.3. The Kier molecular flexibility index (Phi) is 5.49. The predicted molar refractivity (Wildman–Crippen MR) is 113 cm³/mol. The van der Waals surface area contributed by atoms with Gasteiger partial charge in [0.2, 0.25) is 0 Å². The average molecular weight is 460 g/mol. The minimum Gasteiger partial charge on any atom is -0.508 e. The zero-order valence-corrected chi connectivity index (χ0v) is 17.1. The molecule has 0 saturated carbocycles. The standard InChI is InChI=1S/C22H17BrClFN2O/c23-15-5-10-21(28)18(11-15)20-12-19(13-1-6-16(24)7-2-13)26-22(27-20)14-3-8-17(25)9-4-14/h1-11,20,22,27-28H,12H2/t20-,22-/m0/s1. The van der Waals surface area contributed by atoms with E-state index in [4.69, 9.17) is 16.6 Å². The molecule has 3 aromatic rings. The first-order valence-electron chi connectivity index (χ1n) is 8.82. The van der Waals surface area contributed by atoms with Gasteiger partial charge in [0.1, 0.15) is 17.7 Å². The van der Waals surface area contributed by atoms with Crippen LogP contribution in [0.5, 0.6) is 5.75 Å². The van der Waals surface area contributed by atoms with Gasteiger partial charge in [-0.2, -0.15) is 0 Å². The zero-order valence-electron chi connectivity index (χ0n) is 14.7. The van der Waals surface area contributed by atoms with Gasteiger partial charge in [-0.25, -0.2) is 4.39 Å². The Balaban J connectivity index is 1.76. The summed E-state index contributed by atoms with van der Waals surface area (Å²) in [5.41, 5.74) is 3.50. The molecule has 0 aromatic heterocycles. The molecule has 2 N–H and O–H groups in total. The summed E-state index contributed by atoms with van der Waals surface area (Å²) in [5.74, 6) is -0.0708. The van der Waals surface area contributed by atoms with Crippen LogP contribution in [0.15, 0.2) is 76.2 Å². The van der Waals surface area contributed by atoms with Crippen molar-refractivity contribution in [2.24, 2.45) is 4.99 Å². The molecule has 2 atom stereocenters. The Bertz CT molecular complexity index is 1020. The summed E-state index contributed by atoms with van der Waals surface area (Å²) in [5, 5.41) is 14.5. The van der Waals surface area contributed by atoms with Gasteiger partial charge in [-0.1, -0.05) is 51.8 Å². The van der Waals surface area contributed by atoms with E-state index in [-0.39, 0.29) is 23.8 Å². The molecule has 0 unspecified atom stereocenters. The monoisotopic (exact) mass is 458 g/mol. The van der Waals surface area contributed by atoms with Crippen LogP contribution in [0.4, 0.5) is 4.39 Å². The Hall–Kier alpha value is -2.21. The van der Waals surface area contributed by atoms with Crippen molar-refractivity contribution in [1.82, 2.24) is 5.32 Å². The topological polar surface area (TPSA) is 44.6 Å². The van der Waals surface area contributed by atoms with E-state index in [0.717, 1.165) is 26.9 Å². The summed E-state index contributed by atoms with van der Waals surface area (Å²) in [6.07, 6.45) is 0.243. The third-order valence-corrected chi connectivity index (χ3v) is 5.51. The maximum absolute atomic E-state index is 13.4. The van der Waals surface area contributed by atoms with Crippen molar-refractivity contribution in [3.8, 4) is 5.75 Å². The third-order valence-electron chi connectivity index (χ3n) is 4.77. The lowest BCUT2D eigenvalue weighted by Gasteiger charge is -2.31. The van der Waals surface area contributed by atoms with Crippen molar-refractivity contribution in [3.63, 3.8) is 0 Å². The summed E-state index contributed by atoms with van der Waals surface area (Å²) >= 11 is 9.50. The molecule has 0 spiro atoms. The first kappa shape index (κ1) is 19.1. The smallest absolute Gasteiger partial charge is 0.126 e.